The molecule has 102 valence electrons. The first-order chi connectivity index (χ1) is 9.70. The van der Waals surface area contributed by atoms with Gasteiger partial charge in [0.05, 0.1) is 0 Å². The average Bonchev–Trinajstić information content (AvgIpc) is 2.47. The first-order valence-electron chi connectivity index (χ1n) is 6.34. The summed E-state index contributed by atoms with van der Waals surface area (Å²) in [4.78, 5) is 12.0. The van der Waals surface area contributed by atoms with Crippen molar-refractivity contribution >= 4 is 23.5 Å². The number of rotatable bonds is 5. The fraction of sp³-hybridized carbons (Fsp3) is 0.118. The number of para-hydroxylation sites is 1. The molecular weight excluding hydrogens is 272 g/mol. The number of ketones is 1. The van der Waals surface area contributed by atoms with Crippen LogP contribution in [0.4, 0.5) is 0 Å². The largest absolute Gasteiger partial charge is 0.485 e. The number of ether oxygens (including phenoxy) is 1. The number of Topliss-reactive ketones (excluding diaryl/α,β-unsaturated/α-hetero) is 1. The van der Waals surface area contributed by atoms with Crippen molar-refractivity contribution in [3.63, 3.8) is 0 Å². The maximum atomic E-state index is 12.0. The van der Waals surface area contributed by atoms with Gasteiger partial charge < -0.3 is 4.74 Å². The lowest BCUT2D eigenvalue weighted by Gasteiger charge is -2.08. The Morgan fingerprint density at radius 2 is 1.85 bits per heavy atom. The standard InChI is InChI=1S/C17H15ClO2/c1-2-5-14-6-3-4-7-17(14)20-12-16(19)13-8-10-15(18)11-9-13/h2-11H,12H2,1H3/b5-2+. The van der Waals surface area contributed by atoms with Crippen molar-refractivity contribution in [3.8, 4) is 5.75 Å². The maximum absolute atomic E-state index is 12.0. The molecule has 2 nitrogen and oxygen atoms in total. The van der Waals surface area contributed by atoms with E-state index in [0.717, 1.165) is 5.56 Å². The summed E-state index contributed by atoms with van der Waals surface area (Å²) in [6.07, 6.45) is 3.88. The molecule has 0 heterocycles. The van der Waals surface area contributed by atoms with E-state index in [1.165, 1.54) is 0 Å². The number of allylic oxidation sites excluding steroid dienone is 1. The van der Waals surface area contributed by atoms with E-state index >= 15 is 0 Å². The number of benzene rings is 2. The smallest absolute Gasteiger partial charge is 0.200 e. The molecule has 0 N–H and O–H groups in total. The summed E-state index contributed by atoms with van der Waals surface area (Å²) in [6.45, 7) is 1.95. The van der Waals surface area contributed by atoms with Gasteiger partial charge in [0.1, 0.15) is 5.75 Å². The molecule has 0 fully saturated rings. The van der Waals surface area contributed by atoms with Crippen LogP contribution in [0.25, 0.3) is 6.08 Å². The van der Waals surface area contributed by atoms with Gasteiger partial charge in [0, 0.05) is 16.1 Å². The van der Waals surface area contributed by atoms with Crippen LogP contribution in [0.3, 0.4) is 0 Å². The van der Waals surface area contributed by atoms with Gasteiger partial charge in [0.25, 0.3) is 0 Å². The van der Waals surface area contributed by atoms with Gasteiger partial charge >= 0.3 is 0 Å². The first-order valence-corrected chi connectivity index (χ1v) is 6.72. The van der Waals surface area contributed by atoms with Crippen LogP contribution in [-0.4, -0.2) is 12.4 Å². The molecule has 0 saturated heterocycles. The molecule has 0 aromatic heterocycles. The fourth-order valence-corrected chi connectivity index (χ4v) is 1.92. The quantitative estimate of drug-likeness (QED) is 0.749. The highest BCUT2D eigenvalue weighted by atomic mass is 35.5. The molecule has 2 aromatic rings. The number of carbonyl (C=O) groups is 1. The molecule has 0 aliphatic heterocycles. The van der Waals surface area contributed by atoms with Crippen LogP contribution in [0.2, 0.25) is 5.02 Å². The summed E-state index contributed by atoms with van der Waals surface area (Å²) < 4.78 is 5.60. The second-order valence-corrected chi connectivity index (χ2v) is 4.69. The van der Waals surface area contributed by atoms with E-state index in [9.17, 15) is 4.79 Å². The van der Waals surface area contributed by atoms with Gasteiger partial charge in [-0.15, -0.1) is 0 Å². The number of hydrogen-bond donors (Lipinski definition) is 0. The Bertz CT molecular complexity index is 615. The molecule has 2 aromatic carbocycles. The Kier molecular flexibility index (Phi) is 4.97. The summed E-state index contributed by atoms with van der Waals surface area (Å²) in [5, 5.41) is 0.612. The summed E-state index contributed by atoms with van der Waals surface area (Å²) in [5.41, 5.74) is 1.55. The van der Waals surface area contributed by atoms with Gasteiger partial charge in [-0.2, -0.15) is 0 Å². The SMILES string of the molecule is C/C=C/c1ccccc1OCC(=O)c1ccc(Cl)cc1. The number of halogens is 1. The third-order valence-corrected chi connectivity index (χ3v) is 3.04. The second kappa shape index (κ2) is 6.92. The number of carbonyl (C=O) groups excluding carboxylic acids is 1. The highest BCUT2D eigenvalue weighted by molar-refractivity contribution is 6.30. The van der Waals surface area contributed by atoms with Crippen LogP contribution in [0, 0.1) is 0 Å². The normalized spacial score (nSPS) is 10.7. The Balaban J connectivity index is 2.05. The van der Waals surface area contributed by atoms with Crippen molar-refractivity contribution in [2.24, 2.45) is 0 Å². The molecule has 0 bridgehead atoms. The predicted molar refractivity (Wildman–Crippen MR) is 82.4 cm³/mol. The van der Waals surface area contributed by atoms with Crippen molar-refractivity contribution in [2.75, 3.05) is 6.61 Å². The molecule has 0 radical (unpaired) electrons. The van der Waals surface area contributed by atoms with Crippen molar-refractivity contribution in [1.29, 1.82) is 0 Å². The summed E-state index contributed by atoms with van der Waals surface area (Å²) in [5.74, 6) is 0.630. The van der Waals surface area contributed by atoms with Crippen molar-refractivity contribution in [2.45, 2.75) is 6.92 Å². The van der Waals surface area contributed by atoms with Gasteiger partial charge in [-0.1, -0.05) is 42.0 Å². The van der Waals surface area contributed by atoms with Crippen LogP contribution in [0.1, 0.15) is 22.8 Å². The molecule has 0 spiro atoms. The molecule has 0 saturated carbocycles. The predicted octanol–water partition coefficient (Wildman–Crippen LogP) is 4.63. The van der Waals surface area contributed by atoms with E-state index in [1.807, 2.05) is 43.3 Å². The van der Waals surface area contributed by atoms with Gasteiger partial charge in [-0.3, -0.25) is 4.79 Å². The van der Waals surface area contributed by atoms with Crippen LogP contribution in [0.5, 0.6) is 5.75 Å². The van der Waals surface area contributed by atoms with Gasteiger partial charge in [0.15, 0.2) is 12.4 Å². The third-order valence-electron chi connectivity index (χ3n) is 2.79. The lowest BCUT2D eigenvalue weighted by Crippen LogP contribution is -2.11. The van der Waals surface area contributed by atoms with E-state index in [2.05, 4.69) is 0 Å². The Hall–Kier alpha value is -2.06. The fourth-order valence-electron chi connectivity index (χ4n) is 1.79. The van der Waals surface area contributed by atoms with Crippen LogP contribution in [0.15, 0.2) is 54.6 Å². The van der Waals surface area contributed by atoms with Gasteiger partial charge in [-0.05, 0) is 37.3 Å². The van der Waals surface area contributed by atoms with Gasteiger partial charge in [0.2, 0.25) is 0 Å². The van der Waals surface area contributed by atoms with Crippen molar-refractivity contribution in [1.82, 2.24) is 0 Å². The summed E-state index contributed by atoms with van der Waals surface area (Å²) in [6, 6.07) is 14.4. The minimum atomic E-state index is -0.0723. The third kappa shape index (κ3) is 3.72. The van der Waals surface area contributed by atoms with E-state index in [4.69, 9.17) is 16.3 Å². The Labute approximate surface area is 123 Å². The van der Waals surface area contributed by atoms with Crippen molar-refractivity contribution in [3.05, 3.63) is 70.8 Å². The monoisotopic (exact) mass is 286 g/mol. The minimum Gasteiger partial charge on any atom is -0.485 e. The van der Waals surface area contributed by atoms with E-state index in [-0.39, 0.29) is 12.4 Å². The maximum Gasteiger partial charge on any atom is 0.200 e. The van der Waals surface area contributed by atoms with Crippen molar-refractivity contribution < 1.29 is 9.53 Å². The molecular formula is C17H15ClO2. The zero-order valence-corrected chi connectivity index (χ0v) is 11.9. The molecule has 0 atom stereocenters. The molecule has 0 amide bonds. The topological polar surface area (TPSA) is 26.3 Å². The molecule has 0 aliphatic carbocycles. The van der Waals surface area contributed by atoms with E-state index in [0.29, 0.717) is 16.3 Å². The van der Waals surface area contributed by atoms with Gasteiger partial charge in [-0.25, -0.2) is 0 Å². The molecule has 2 rings (SSSR count). The summed E-state index contributed by atoms with van der Waals surface area (Å²) >= 11 is 5.79. The van der Waals surface area contributed by atoms with E-state index in [1.54, 1.807) is 24.3 Å². The molecule has 20 heavy (non-hydrogen) atoms. The van der Waals surface area contributed by atoms with Crippen LogP contribution in [-0.2, 0) is 0 Å². The highest BCUT2D eigenvalue weighted by Crippen LogP contribution is 2.20. The lowest BCUT2D eigenvalue weighted by atomic mass is 10.1. The molecule has 3 heteroatoms. The lowest BCUT2D eigenvalue weighted by molar-refractivity contribution is 0.0921. The summed E-state index contributed by atoms with van der Waals surface area (Å²) in [7, 11) is 0. The first kappa shape index (κ1) is 14.4. The Morgan fingerprint density at radius 3 is 2.55 bits per heavy atom. The highest BCUT2D eigenvalue weighted by Gasteiger charge is 2.08. The molecule has 0 aliphatic rings. The molecule has 0 unspecified atom stereocenters. The van der Waals surface area contributed by atoms with Crippen LogP contribution >= 0.6 is 11.6 Å². The number of hydrogen-bond acceptors (Lipinski definition) is 2. The Morgan fingerprint density at radius 1 is 1.15 bits per heavy atom. The zero-order chi connectivity index (χ0) is 14.4. The minimum absolute atomic E-state index is 0.0101. The van der Waals surface area contributed by atoms with E-state index < -0.39 is 0 Å². The second-order valence-electron chi connectivity index (χ2n) is 4.26. The average molecular weight is 287 g/mol. The zero-order valence-electron chi connectivity index (χ0n) is 11.2. The van der Waals surface area contributed by atoms with Crippen LogP contribution < -0.4 is 4.74 Å².